The summed E-state index contributed by atoms with van der Waals surface area (Å²) in [7, 11) is -3.36. The van der Waals surface area contributed by atoms with Crippen LogP contribution in [0.4, 0.5) is 0 Å². The summed E-state index contributed by atoms with van der Waals surface area (Å²) in [5, 5.41) is 15.1. The molecule has 2 amide bonds. The topological polar surface area (TPSA) is 104 Å². The lowest BCUT2D eigenvalue weighted by Gasteiger charge is -2.30. The van der Waals surface area contributed by atoms with Gasteiger partial charge in [-0.15, -0.1) is 0 Å². The fourth-order valence-electron chi connectivity index (χ4n) is 4.87. The number of carbonyl (C=O) groups excluding carboxylic acids is 2. The van der Waals surface area contributed by atoms with Gasteiger partial charge in [-0.05, 0) is 42.3 Å². The normalized spacial score (nSPS) is 21.5. The predicted octanol–water partition coefficient (Wildman–Crippen LogP) is 3.18. The van der Waals surface area contributed by atoms with E-state index in [0.29, 0.717) is 30.3 Å². The zero-order valence-corrected chi connectivity index (χ0v) is 18.7. The fourth-order valence-corrected chi connectivity index (χ4v) is 6.49. The van der Waals surface area contributed by atoms with Gasteiger partial charge in [-0.2, -0.15) is 0 Å². The fraction of sp³-hybridized carbons (Fsp3) is 0.280. The predicted molar refractivity (Wildman–Crippen MR) is 124 cm³/mol. The van der Waals surface area contributed by atoms with Crippen molar-refractivity contribution < 1.29 is 23.1 Å². The van der Waals surface area contributed by atoms with Crippen molar-refractivity contribution >= 4 is 32.4 Å². The highest BCUT2D eigenvalue weighted by atomic mass is 32.2. The molecule has 0 radical (unpaired) electrons. The van der Waals surface area contributed by atoms with E-state index in [1.807, 2.05) is 12.1 Å². The van der Waals surface area contributed by atoms with Crippen LogP contribution in [0.1, 0.15) is 41.2 Å². The van der Waals surface area contributed by atoms with E-state index in [2.05, 4.69) is 5.32 Å². The van der Waals surface area contributed by atoms with Gasteiger partial charge in [0, 0.05) is 11.9 Å². The summed E-state index contributed by atoms with van der Waals surface area (Å²) in [6.45, 7) is 0.415. The van der Waals surface area contributed by atoms with Crippen LogP contribution in [0.25, 0.3) is 10.8 Å². The third kappa shape index (κ3) is 3.74. The minimum absolute atomic E-state index is 0.0345. The van der Waals surface area contributed by atoms with Gasteiger partial charge in [-0.1, -0.05) is 48.5 Å². The van der Waals surface area contributed by atoms with Crippen molar-refractivity contribution in [3.8, 4) is 5.75 Å². The van der Waals surface area contributed by atoms with E-state index in [9.17, 15) is 23.1 Å². The van der Waals surface area contributed by atoms with Gasteiger partial charge < -0.3 is 15.3 Å². The molecule has 0 aliphatic carbocycles. The molecule has 8 heteroatoms. The zero-order chi connectivity index (χ0) is 23.2. The van der Waals surface area contributed by atoms with Crippen molar-refractivity contribution in [3.05, 3.63) is 71.8 Å². The molecule has 2 N–H and O–H groups in total. The van der Waals surface area contributed by atoms with Crippen molar-refractivity contribution in [3.63, 3.8) is 0 Å². The highest BCUT2D eigenvalue weighted by molar-refractivity contribution is 7.91. The van der Waals surface area contributed by atoms with Crippen LogP contribution in [-0.2, 0) is 14.6 Å². The number of carbonyl (C=O) groups is 2. The molecule has 2 unspecified atom stereocenters. The van der Waals surface area contributed by atoms with E-state index >= 15 is 0 Å². The standard InChI is InChI=1S/C25H24N2O5S/c28-23-17-7-2-1-6-16(17)11-12-19(23)25(30)27-14-5-9-21(27)24(29)26-20-13-15-33(31,32)22-10-4-3-8-18(20)22/h1-4,6-8,10-12,20-21,28H,5,9,13-15H2,(H,26,29). The number of nitrogens with one attached hydrogen (secondary N) is 1. The first-order chi connectivity index (χ1) is 15.9. The molecular weight excluding hydrogens is 440 g/mol. The number of sulfone groups is 1. The number of benzene rings is 3. The monoisotopic (exact) mass is 464 g/mol. The van der Waals surface area contributed by atoms with E-state index in [1.165, 1.54) is 4.90 Å². The maximum Gasteiger partial charge on any atom is 0.258 e. The SMILES string of the molecule is O=C(NC1CCS(=O)(=O)c2ccccc21)C1CCCN1C(=O)c1ccc2ccccc2c1O. The second-order valence-corrected chi connectivity index (χ2v) is 10.6. The van der Waals surface area contributed by atoms with Crippen LogP contribution in [0.3, 0.4) is 0 Å². The average molecular weight is 465 g/mol. The number of phenols is 1. The van der Waals surface area contributed by atoms with Crippen molar-refractivity contribution in [2.75, 3.05) is 12.3 Å². The van der Waals surface area contributed by atoms with Crippen LogP contribution < -0.4 is 5.32 Å². The minimum atomic E-state index is -3.36. The highest BCUT2D eigenvalue weighted by Gasteiger charge is 2.38. The third-order valence-corrected chi connectivity index (χ3v) is 8.38. The van der Waals surface area contributed by atoms with Gasteiger partial charge in [0.25, 0.3) is 5.91 Å². The average Bonchev–Trinajstić information content (AvgIpc) is 3.31. The van der Waals surface area contributed by atoms with Gasteiger partial charge in [0.1, 0.15) is 11.8 Å². The van der Waals surface area contributed by atoms with Crippen LogP contribution in [0.5, 0.6) is 5.75 Å². The Morgan fingerprint density at radius 1 is 0.970 bits per heavy atom. The van der Waals surface area contributed by atoms with Crippen LogP contribution in [0.2, 0.25) is 0 Å². The highest BCUT2D eigenvalue weighted by Crippen LogP contribution is 2.34. The largest absolute Gasteiger partial charge is 0.506 e. The number of likely N-dealkylation sites (tertiary alicyclic amines) is 1. The van der Waals surface area contributed by atoms with Crippen molar-refractivity contribution in [2.24, 2.45) is 0 Å². The molecule has 2 heterocycles. The summed E-state index contributed by atoms with van der Waals surface area (Å²) in [5.41, 5.74) is 0.752. The molecule has 0 saturated carbocycles. The van der Waals surface area contributed by atoms with Crippen molar-refractivity contribution in [2.45, 2.75) is 36.2 Å². The van der Waals surface area contributed by atoms with E-state index in [-0.39, 0.29) is 40.2 Å². The van der Waals surface area contributed by atoms with Crippen LogP contribution >= 0.6 is 0 Å². The molecule has 3 aromatic rings. The van der Waals surface area contributed by atoms with Crippen molar-refractivity contribution in [1.82, 2.24) is 10.2 Å². The molecule has 3 aromatic carbocycles. The lowest BCUT2D eigenvalue weighted by atomic mass is 10.0. The molecule has 0 aromatic heterocycles. The second kappa shape index (κ2) is 8.19. The van der Waals surface area contributed by atoms with Crippen LogP contribution in [-0.4, -0.2) is 48.6 Å². The van der Waals surface area contributed by atoms with Gasteiger partial charge in [0.05, 0.1) is 22.3 Å². The molecule has 1 saturated heterocycles. The molecule has 0 bridgehead atoms. The number of fused-ring (bicyclic) bond motifs is 2. The second-order valence-electron chi connectivity index (χ2n) is 8.55. The number of rotatable bonds is 3. The van der Waals surface area contributed by atoms with Crippen molar-refractivity contribution in [1.29, 1.82) is 0 Å². The minimum Gasteiger partial charge on any atom is -0.506 e. The Labute approximate surface area is 191 Å². The summed E-state index contributed by atoms with van der Waals surface area (Å²) in [4.78, 5) is 28.3. The molecule has 2 aliphatic heterocycles. The molecule has 5 rings (SSSR count). The van der Waals surface area contributed by atoms with Gasteiger partial charge in [-0.25, -0.2) is 8.42 Å². The number of hydrogen-bond donors (Lipinski definition) is 2. The summed E-state index contributed by atoms with van der Waals surface area (Å²) >= 11 is 0. The van der Waals surface area contributed by atoms with Crippen LogP contribution in [0.15, 0.2) is 65.6 Å². The Hall–Kier alpha value is -3.39. The summed E-state index contributed by atoms with van der Waals surface area (Å²) in [6, 6.07) is 16.3. The van der Waals surface area contributed by atoms with E-state index < -0.39 is 21.9 Å². The maximum absolute atomic E-state index is 13.3. The number of hydrogen-bond acceptors (Lipinski definition) is 5. The van der Waals surface area contributed by atoms with E-state index in [1.54, 1.807) is 48.5 Å². The van der Waals surface area contributed by atoms with Gasteiger partial charge in [0.15, 0.2) is 9.84 Å². The van der Waals surface area contributed by atoms with Gasteiger partial charge in [-0.3, -0.25) is 9.59 Å². The molecular formula is C25H24N2O5S. The number of phenolic OH excluding ortho intramolecular Hbond substituents is 1. The molecule has 7 nitrogen and oxygen atoms in total. The molecule has 0 spiro atoms. The number of aromatic hydroxyl groups is 1. The molecule has 170 valence electrons. The molecule has 1 fully saturated rings. The van der Waals surface area contributed by atoms with E-state index in [4.69, 9.17) is 0 Å². The Morgan fingerprint density at radius 3 is 2.58 bits per heavy atom. The summed E-state index contributed by atoms with van der Waals surface area (Å²) in [5.74, 6) is -0.814. The number of amides is 2. The van der Waals surface area contributed by atoms with Crippen LogP contribution in [0, 0.1) is 0 Å². The third-order valence-electron chi connectivity index (χ3n) is 6.57. The Balaban J connectivity index is 1.39. The molecule has 33 heavy (non-hydrogen) atoms. The Morgan fingerprint density at radius 2 is 1.73 bits per heavy atom. The quantitative estimate of drug-likeness (QED) is 0.620. The lowest BCUT2D eigenvalue weighted by molar-refractivity contribution is -0.125. The Bertz CT molecular complexity index is 1370. The smallest absolute Gasteiger partial charge is 0.258 e. The first kappa shape index (κ1) is 21.5. The Kier molecular flexibility index (Phi) is 5.32. The van der Waals surface area contributed by atoms with Gasteiger partial charge in [0.2, 0.25) is 5.91 Å². The zero-order valence-electron chi connectivity index (χ0n) is 17.9. The molecule has 2 atom stereocenters. The summed E-state index contributed by atoms with van der Waals surface area (Å²) in [6.07, 6.45) is 1.48. The lowest BCUT2D eigenvalue weighted by Crippen LogP contribution is -2.47. The van der Waals surface area contributed by atoms with E-state index in [0.717, 1.165) is 5.39 Å². The molecule has 2 aliphatic rings. The van der Waals surface area contributed by atoms with Gasteiger partial charge >= 0.3 is 0 Å². The maximum atomic E-state index is 13.3. The number of nitrogens with zero attached hydrogens (tertiary/aromatic N) is 1. The summed E-state index contributed by atoms with van der Waals surface area (Å²) < 4.78 is 24.8. The first-order valence-electron chi connectivity index (χ1n) is 11.0. The first-order valence-corrected chi connectivity index (χ1v) is 12.7.